The van der Waals surface area contributed by atoms with E-state index in [1.807, 2.05) is 0 Å². The van der Waals surface area contributed by atoms with Crippen molar-refractivity contribution in [1.82, 2.24) is 4.90 Å². The minimum Gasteiger partial charge on any atom is -0.364 e. The molecule has 1 aliphatic heterocycles. The highest BCUT2D eigenvalue weighted by molar-refractivity contribution is 5.69. The van der Waals surface area contributed by atoms with E-state index < -0.39 is 0 Å². The molecule has 3 nitrogen and oxygen atoms in total. The van der Waals surface area contributed by atoms with Crippen LogP contribution in [0.25, 0.3) is 5.70 Å². The zero-order chi connectivity index (χ0) is 13.1. The number of aldehydes is 1. The summed E-state index contributed by atoms with van der Waals surface area (Å²) >= 11 is 0. The number of rotatable bonds is 5. The highest BCUT2D eigenvalue weighted by Gasteiger charge is 2.25. The largest absolute Gasteiger partial charge is 0.364 e. The van der Waals surface area contributed by atoms with Gasteiger partial charge in [-0.15, -0.1) is 0 Å². The zero-order valence-electron chi connectivity index (χ0n) is 10.9. The van der Waals surface area contributed by atoms with Crippen LogP contribution < -0.4 is 5.73 Å². The Balaban J connectivity index is 2.16. The molecule has 1 heterocycles. The second-order valence-corrected chi connectivity index (χ2v) is 4.86. The third-order valence-electron chi connectivity index (χ3n) is 3.64. The summed E-state index contributed by atoms with van der Waals surface area (Å²) in [6, 6.07) is 6.67. The molecule has 1 aromatic carbocycles. The van der Waals surface area contributed by atoms with Crippen LogP contribution >= 0.6 is 0 Å². The molecule has 0 spiro atoms. The van der Waals surface area contributed by atoms with E-state index in [-0.39, 0.29) is 0 Å². The SMILES string of the molecule is C=C1c2ccc(CN)cc2CN1C(C)CCC=O. The van der Waals surface area contributed by atoms with Gasteiger partial charge in [-0.25, -0.2) is 0 Å². The van der Waals surface area contributed by atoms with Gasteiger partial charge in [-0.2, -0.15) is 0 Å². The van der Waals surface area contributed by atoms with E-state index in [9.17, 15) is 4.79 Å². The Labute approximate surface area is 108 Å². The Morgan fingerprint density at radius 1 is 1.56 bits per heavy atom. The minimum absolute atomic E-state index is 0.344. The van der Waals surface area contributed by atoms with E-state index >= 15 is 0 Å². The Morgan fingerprint density at radius 3 is 3.00 bits per heavy atom. The first-order chi connectivity index (χ1) is 8.67. The van der Waals surface area contributed by atoms with Crippen molar-refractivity contribution in [3.05, 3.63) is 41.5 Å². The molecule has 18 heavy (non-hydrogen) atoms. The van der Waals surface area contributed by atoms with Crippen LogP contribution in [-0.4, -0.2) is 17.2 Å². The van der Waals surface area contributed by atoms with Gasteiger partial charge in [-0.05, 0) is 24.5 Å². The fourth-order valence-corrected chi connectivity index (χ4v) is 2.51. The number of hydrogen-bond acceptors (Lipinski definition) is 3. The van der Waals surface area contributed by atoms with Gasteiger partial charge < -0.3 is 15.4 Å². The Bertz CT molecular complexity index is 468. The average Bonchev–Trinajstić information content (AvgIpc) is 2.72. The normalized spacial score (nSPS) is 15.7. The van der Waals surface area contributed by atoms with E-state index in [1.54, 1.807) is 0 Å². The van der Waals surface area contributed by atoms with Crippen LogP contribution in [0.1, 0.15) is 36.5 Å². The summed E-state index contributed by atoms with van der Waals surface area (Å²) in [4.78, 5) is 12.7. The van der Waals surface area contributed by atoms with Crippen molar-refractivity contribution in [3.63, 3.8) is 0 Å². The number of carbonyl (C=O) groups is 1. The van der Waals surface area contributed by atoms with Crippen molar-refractivity contribution in [2.24, 2.45) is 5.73 Å². The molecular formula is C15H20N2O. The molecule has 0 saturated carbocycles. The number of fused-ring (bicyclic) bond motifs is 1. The second kappa shape index (κ2) is 5.36. The summed E-state index contributed by atoms with van der Waals surface area (Å²) < 4.78 is 0. The van der Waals surface area contributed by atoms with Crippen molar-refractivity contribution >= 4 is 12.0 Å². The first kappa shape index (κ1) is 12.8. The van der Waals surface area contributed by atoms with Gasteiger partial charge in [0, 0.05) is 36.8 Å². The van der Waals surface area contributed by atoms with E-state index in [1.165, 1.54) is 11.1 Å². The molecule has 1 unspecified atom stereocenters. The molecule has 3 heteroatoms. The average molecular weight is 244 g/mol. The van der Waals surface area contributed by atoms with E-state index in [2.05, 4.69) is 36.6 Å². The lowest BCUT2D eigenvalue weighted by Crippen LogP contribution is -2.26. The first-order valence-electron chi connectivity index (χ1n) is 6.38. The van der Waals surface area contributed by atoms with Gasteiger partial charge in [0.15, 0.2) is 0 Å². The van der Waals surface area contributed by atoms with Crippen molar-refractivity contribution in [1.29, 1.82) is 0 Å². The third kappa shape index (κ3) is 2.31. The highest BCUT2D eigenvalue weighted by Crippen LogP contribution is 2.34. The zero-order valence-corrected chi connectivity index (χ0v) is 10.9. The summed E-state index contributed by atoms with van der Waals surface area (Å²) in [5.41, 5.74) is 10.4. The summed E-state index contributed by atoms with van der Waals surface area (Å²) in [5, 5.41) is 0. The highest BCUT2D eigenvalue weighted by atomic mass is 16.1. The standard InChI is InChI=1S/C15H20N2O/c1-11(4-3-7-18)17-10-14-8-13(9-16)5-6-15(14)12(17)2/h5-8,11H,2-4,9-10,16H2,1H3. The number of hydrogen-bond donors (Lipinski definition) is 1. The Hall–Kier alpha value is -1.61. The van der Waals surface area contributed by atoms with Gasteiger partial charge in [0.1, 0.15) is 6.29 Å². The lowest BCUT2D eigenvalue weighted by atomic mass is 10.1. The monoisotopic (exact) mass is 244 g/mol. The summed E-state index contributed by atoms with van der Waals surface area (Å²) in [6.07, 6.45) is 2.46. The van der Waals surface area contributed by atoms with E-state index in [0.29, 0.717) is 19.0 Å². The molecule has 1 atom stereocenters. The number of nitrogens with zero attached hydrogens (tertiary/aromatic N) is 1. The van der Waals surface area contributed by atoms with E-state index in [4.69, 9.17) is 5.73 Å². The topological polar surface area (TPSA) is 46.3 Å². The molecule has 2 rings (SSSR count). The van der Waals surface area contributed by atoms with E-state index in [0.717, 1.165) is 30.5 Å². The van der Waals surface area contributed by atoms with Gasteiger partial charge in [0.2, 0.25) is 0 Å². The first-order valence-corrected chi connectivity index (χ1v) is 6.38. The lowest BCUT2D eigenvalue weighted by molar-refractivity contribution is -0.108. The molecular weight excluding hydrogens is 224 g/mol. The molecule has 1 aliphatic rings. The van der Waals surface area contributed by atoms with Crippen LogP contribution in [0.4, 0.5) is 0 Å². The van der Waals surface area contributed by atoms with Gasteiger partial charge >= 0.3 is 0 Å². The Morgan fingerprint density at radius 2 is 2.33 bits per heavy atom. The summed E-state index contributed by atoms with van der Waals surface area (Å²) in [6.45, 7) is 7.76. The van der Waals surface area contributed by atoms with Gasteiger partial charge in [0.05, 0.1) is 0 Å². The molecule has 0 radical (unpaired) electrons. The van der Waals surface area contributed by atoms with Crippen molar-refractivity contribution in [2.45, 2.75) is 38.9 Å². The molecule has 0 amide bonds. The fraction of sp³-hybridized carbons (Fsp3) is 0.400. The molecule has 0 saturated heterocycles. The van der Waals surface area contributed by atoms with Crippen molar-refractivity contribution in [3.8, 4) is 0 Å². The van der Waals surface area contributed by atoms with Gasteiger partial charge in [-0.1, -0.05) is 24.8 Å². The lowest BCUT2D eigenvalue weighted by Gasteiger charge is -2.26. The van der Waals surface area contributed by atoms with Crippen LogP contribution in [0.15, 0.2) is 24.8 Å². The maximum absolute atomic E-state index is 10.5. The number of nitrogens with two attached hydrogens (primary N) is 1. The molecule has 0 aliphatic carbocycles. The van der Waals surface area contributed by atoms with Crippen LogP contribution in [0.5, 0.6) is 0 Å². The maximum Gasteiger partial charge on any atom is 0.120 e. The quantitative estimate of drug-likeness (QED) is 0.808. The molecule has 2 N–H and O–H groups in total. The molecule has 96 valence electrons. The molecule has 0 aromatic heterocycles. The van der Waals surface area contributed by atoms with Crippen LogP contribution in [0.3, 0.4) is 0 Å². The van der Waals surface area contributed by atoms with Crippen molar-refractivity contribution in [2.75, 3.05) is 0 Å². The fourth-order valence-electron chi connectivity index (χ4n) is 2.51. The number of benzene rings is 1. The predicted octanol–water partition coefficient (Wildman–Crippen LogP) is 2.30. The summed E-state index contributed by atoms with van der Waals surface area (Å²) in [5.74, 6) is 0. The smallest absolute Gasteiger partial charge is 0.120 e. The van der Waals surface area contributed by atoms with Crippen LogP contribution in [0.2, 0.25) is 0 Å². The van der Waals surface area contributed by atoms with Crippen LogP contribution in [0, 0.1) is 0 Å². The Kier molecular flexibility index (Phi) is 3.82. The van der Waals surface area contributed by atoms with Gasteiger partial charge in [0.25, 0.3) is 0 Å². The van der Waals surface area contributed by atoms with Gasteiger partial charge in [-0.3, -0.25) is 0 Å². The molecule has 0 fully saturated rings. The molecule has 1 aromatic rings. The second-order valence-electron chi connectivity index (χ2n) is 4.86. The third-order valence-corrected chi connectivity index (χ3v) is 3.64. The maximum atomic E-state index is 10.5. The summed E-state index contributed by atoms with van der Waals surface area (Å²) in [7, 11) is 0. The van der Waals surface area contributed by atoms with Crippen LogP contribution in [-0.2, 0) is 17.9 Å². The van der Waals surface area contributed by atoms with Crippen molar-refractivity contribution < 1.29 is 4.79 Å². The predicted molar refractivity (Wildman–Crippen MR) is 73.7 cm³/mol. The number of carbonyl (C=O) groups excluding carboxylic acids is 1. The molecule has 0 bridgehead atoms. The minimum atomic E-state index is 0.344.